The lowest BCUT2D eigenvalue weighted by Gasteiger charge is -2.20. The zero-order valence-electron chi connectivity index (χ0n) is 6.64. The van der Waals surface area contributed by atoms with Gasteiger partial charge in [0.25, 0.3) is 7.41 Å². The van der Waals surface area contributed by atoms with Crippen molar-refractivity contribution in [1.82, 2.24) is 4.97 Å². The topological polar surface area (TPSA) is 12.2 Å². The van der Waals surface area contributed by atoms with Crippen LogP contribution in [0.3, 0.4) is 0 Å². The zero-order chi connectivity index (χ0) is 7.07. The SMILES string of the molecule is CC1BN1OC(C)(C)C. The van der Waals surface area contributed by atoms with Crippen molar-refractivity contribution in [3.63, 3.8) is 0 Å². The molecule has 2 atom stereocenters. The second-order valence-electron chi connectivity index (χ2n) is 3.65. The van der Waals surface area contributed by atoms with Gasteiger partial charge in [-0.3, -0.25) is 0 Å². The van der Waals surface area contributed by atoms with Gasteiger partial charge in [-0.2, -0.15) is 0 Å². The molecule has 9 heavy (non-hydrogen) atoms. The standard InChI is InChI=1S/C6H14BNO/c1-5-7-8(5)9-6(2,3)4/h5,7H,1-4H3. The van der Waals surface area contributed by atoms with Crippen molar-refractivity contribution < 1.29 is 4.84 Å². The summed E-state index contributed by atoms with van der Waals surface area (Å²) in [4.78, 5) is 7.49. The summed E-state index contributed by atoms with van der Waals surface area (Å²) >= 11 is 0. The van der Waals surface area contributed by atoms with Crippen LogP contribution in [0.5, 0.6) is 0 Å². The maximum absolute atomic E-state index is 5.49. The molecule has 0 aromatic carbocycles. The average molecular weight is 127 g/mol. The van der Waals surface area contributed by atoms with Gasteiger partial charge in [-0.05, 0) is 20.8 Å². The van der Waals surface area contributed by atoms with Crippen molar-refractivity contribution in [3.05, 3.63) is 0 Å². The van der Waals surface area contributed by atoms with Crippen molar-refractivity contribution >= 4 is 7.41 Å². The first-order valence-corrected chi connectivity index (χ1v) is 3.45. The number of nitrogens with zero attached hydrogens (tertiary/aromatic N) is 1. The van der Waals surface area contributed by atoms with Gasteiger partial charge in [0.2, 0.25) is 0 Å². The number of rotatable bonds is 1. The molecular weight excluding hydrogens is 113 g/mol. The van der Waals surface area contributed by atoms with E-state index in [4.69, 9.17) is 4.84 Å². The molecule has 1 aliphatic heterocycles. The molecule has 1 heterocycles. The largest absolute Gasteiger partial charge is 0.306 e. The van der Waals surface area contributed by atoms with Crippen molar-refractivity contribution in [2.75, 3.05) is 0 Å². The highest BCUT2D eigenvalue weighted by atomic mass is 16.7. The van der Waals surface area contributed by atoms with Crippen molar-refractivity contribution in [2.45, 2.75) is 39.2 Å². The molecule has 1 aliphatic rings. The Labute approximate surface area is 57.4 Å². The Hall–Kier alpha value is -0.0151. The molecule has 0 aromatic rings. The van der Waals surface area contributed by atoms with Gasteiger partial charge >= 0.3 is 0 Å². The third kappa shape index (κ3) is 2.37. The van der Waals surface area contributed by atoms with Crippen LogP contribution in [0.4, 0.5) is 0 Å². The first kappa shape index (κ1) is 7.10. The second kappa shape index (κ2) is 1.99. The van der Waals surface area contributed by atoms with Gasteiger partial charge in [-0.15, -0.1) is 0 Å². The van der Waals surface area contributed by atoms with Crippen molar-refractivity contribution in [1.29, 1.82) is 0 Å². The Balaban J connectivity index is 2.19. The Morgan fingerprint density at radius 3 is 2.00 bits per heavy atom. The van der Waals surface area contributed by atoms with E-state index in [9.17, 15) is 0 Å². The van der Waals surface area contributed by atoms with Gasteiger partial charge in [0, 0.05) is 5.94 Å². The zero-order valence-corrected chi connectivity index (χ0v) is 6.64. The minimum Gasteiger partial charge on any atom is -0.306 e. The molecule has 0 saturated carbocycles. The van der Waals surface area contributed by atoms with Crippen LogP contribution >= 0.6 is 0 Å². The third-order valence-corrected chi connectivity index (χ3v) is 1.19. The van der Waals surface area contributed by atoms with Gasteiger partial charge in [-0.25, -0.2) is 4.97 Å². The summed E-state index contributed by atoms with van der Waals surface area (Å²) in [7, 11) is 1.09. The molecule has 0 bridgehead atoms. The van der Waals surface area contributed by atoms with E-state index >= 15 is 0 Å². The molecule has 52 valence electrons. The van der Waals surface area contributed by atoms with E-state index in [0.29, 0.717) is 5.94 Å². The Kier molecular flexibility index (Phi) is 1.57. The molecule has 3 heteroatoms. The fraction of sp³-hybridized carbons (Fsp3) is 1.00. The minimum absolute atomic E-state index is 0.00917. The highest BCUT2D eigenvalue weighted by molar-refractivity contribution is 6.45. The van der Waals surface area contributed by atoms with E-state index in [1.54, 1.807) is 0 Å². The van der Waals surface area contributed by atoms with Crippen molar-refractivity contribution in [3.8, 4) is 0 Å². The van der Waals surface area contributed by atoms with Gasteiger partial charge in [0.15, 0.2) is 0 Å². The molecule has 2 nitrogen and oxygen atoms in total. The molecule has 0 aromatic heterocycles. The van der Waals surface area contributed by atoms with Crippen LogP contribution in [0.1, 0.15) is 27.7 Å². The summed E-state index contributed by atoms with van der Waals surface area (Å²) in [6, 6.07) is 0. The monoisotopic (exact) mass is 127 g/mol. The van der Waals surface area contributed by atoms with E-state index in [1.807, 2.05) is 4.97 Å². The maximum atomic E-state index is 5.49. The molecule has 1 saturated heterocycles. The Bertz CT molecular complexity index is 110. The lowest BCUT2D eigenvalue weighted by Crippen LogP contribution is -2.23. The predicted molar refractivity (Wildman–Crippen MR) is 39.3 cm³/mol. The average Bonchev–Trinajstić information content (AvgIpc) is 2.13. The predicted octanol–water partition coefficient (Wildman–Crippen LogP) is 0.730. The lowest BCUT2D eigenvalue weighted by molar-refractivity contribution is -0.145. The molecule has 1 rings (SSSR count). The van der Waals surface area contributed by atoms with Gasteiger partial charge in [-0.1, -0.05) is 6.92 Å². The van der Waals surface area contributed by atoms with Crippen LogP contribution in [-0.4, -0.2) is 23.9 Å². The summed E-state index contributed by atoms with van der Waals surface area (Å²) in [6.07, 6.45) is 0. The number of hydrogen-bond acceptors (Lipinski definition) is 2. The highest BCUT2D eigenvalue weighted by Gasteiger charge is 2.35. The van der Waals surface area contributed by atoms with E-state index < -0.39 is 0 Å². The quantitative estimate of drug-likeness (QED) is 0.380. The summed E-state index contributed by atoms with van der Waals surface area (Å²) in [5, 5.41) is 0. The molecule has 0 N–H and O–H groups in total. The minimum atomic E-state index is -0.00917. The van der Waals surface area contributed by atoms with E-state index in [2.05, 4.69) is 27.7 Å². The fourth-order valence-electron chi connectivity index (χ4n) is 0.692. The van der Waals surface area contributed by atoms with Gasteiger partial charge in [0.1, 0.15) is 0 Å². The molecule has 0 radical (unpaired) electrons. The first-order chi connectivity index (χ1) is 3.99. The van der Waals surface area contributed by atoms with Crippen LogP contribution < -0.4 is 0 Å². The molecule has 0 spiro atoms. The lowest BCUT2D eigenvalue weighted by atomic mass is 10.1. The first-order valence-electron chi connectivity index (χ1n) is 3.45. The van der Waals surface area contributed by atoms with Crippen LogP contribution in [-0.2, 0) is 4.84 Å². The van der Waals surface area contributed by atoms with E-state index in [0.717, 1.165) is 7.41 Å². The highest BCUT2D eigenvalue weighted by Crippen LogP contribution is 2.19. The Morgan fingerprint density at radius 2 is 1.89 bits per heavy atom. The maximum Gasteiger partial charge on any atom is 0.256 e. The second-order valence-corrected chi connectivity index (χ2v) is 3.65. The number of hydrogen-bond donors (Lipinski definition) is 0. The molecule has 1 fully saturated rings. The molecule has 0 amide bonds. The van der Waals surface area contributed by atoms with E-state index in [-0.39, 0.29) is 5.60 Å². The van der Waals surface area contributed by atoms with E-state index in [1.165, 1.54) is 0 Å². The molecular formula is C6H14BNO. The molecule has 2 unspecified atom stereocenters. The molecule has 0 aliphatic carbocycles. The summed E-state index contributed by atoms with van der Waals surface area (Å²) < 4.78 is 0. The smallest absolute Gasteiger partial charge is 0.256 e. The van der Waals surface area contributed by atoms with Gasteiger partial charge in [0.05, 0.1) is 5.60 Å². The fourth-order valence-corrected chi connectivity index (χ4v) is 0.692. The van der Waals surface area contributed by atoms with Crippen LogP contribution in [0, 0.1) is 0 Å². The van der Waals surface area contributed by atoms with Crippen molar-refractivity contribution in [2.24, 2.45) is 0 Å². The van der Waals surface area contributed by atoms with Crippen LogP contribution in [0.2, 0.25) is 0 Å². The van der Waals surface area contributed by atoms with Crippen LogP contribution in [0.15, 0.2) is 0 Å². The number of hydroxylamine groups is 1. The Morgan fingerprint density at radius 1 is 1.44 bits per heavy atom. The summed E-state index contributed by atoms with van der Waals surface area (Å²) in [5.41, 5.74) is -0.00917. The summed E-state index contributed by atoms with van der Waals surface area (Å²) in [6.45, 7) is 8.36. The summed E-state index contributed by atoms with van der Waals surface area (Å²) in [5.74, 6) is 0.643. The van der Waals surface area contributed by atoms with Crippen LogP contribution in [0.25, 0.3) is 0 Å². The normalized spacial score (nSPS) is 33.8. The third-order valence-electron chi connectivity index (χ3n) is 1.19. The van der Waals surface area contributed by atoms with Gasteiger partial charge < -0.3 is 4.84 Å².